The van der Waals surface area contributed by atoms with Gasteiger partial charge in [-0.25, -0.2) is 0 Å². The van der Waals surface area contributed by atoms with Crippen molar-refractivity contribution in [3.05, 3.63) is 12.7 Å². The predicted molar refractivity (Wildman–Crippen MR) is 98.2 cm³/mol. The van der Waals surface area contributed by atoms with E-state index in [4.69, 9.17) is 5.73 Å². The molecule has 3 nitrogen and oxygen atoms in total. The summed E-state index contributed by atoms with van der Waals surface area (Å²) in [5.41, 5.74) is 5.97. The highest BCUT2D eigenvalue weighted by atomic mass is 15.3. The number of hydrogen-bond acceptors (Lipinski definition) is 3. The quantitative estimate of drug-likeness (QED) is 0.367. The van der Waals surface area contributed by atoms with Crippen LogP contribution in [-0.4, -0.2) is 30.0 Å². The maximum Gasteiger partial charge on any atom is 0.103 e. The summed E-state index contributed by atoms with van der Waals surface area (Å²) in [7, 11) is 0. The summed E-state index contributed by atoms with van der Waals surface area (Å²) < 4.78 is 0. The van der Waals surface area contributed by atoms with Crippen molar-refractivity contribution in [2.24, 2.45) is 10.7 Å². The van der Waals surface area contributed by atoms with Crippen LogP contribution in [0.25, 0.3) is 0 Å². The van der Waals surface area contributed by atoms with E-state index in [-0.39, 0.29) is 6.17 Å². The molecule has 128 valence electrons. The summed E-state index contributed by atoms with van der Waals surface area (Å²) in [6.45, 7) is 6.75. The van der Waals surface area contributed by atoms with Gasteiger partial charge in [0.1, 0.15) is 6.17 Å². The summed E-state index contributed by atoms with van der Waals surface area (Å²) in [6, 6.07) is 0. The Morgan fingerprint density at radius 1 is 1.09 bits per heavy atom. The van der Waals surface area contributed by atoms with E-state index in [9.17, 15) is 0 Å². The van der Waals surface area contributed by atoms with Gasteiger partial charge in [-0.2, -0.15) is 0 Å². The van der Waals surface area contributed by atoms with E-state index in [0.717, 1.165) is 6.54 Å². The minimum absolute atomic E-state index is 0.124. The molecule has 0 fully saturated rings. The third kappa shape index (κ3) is 8.70. The molecule has 3 heteroatoms. The largest absolute Gasteiger partial charge is 0.316 e. The molecule has 0 spiro atoms. The summed E-state index contributed by atoms with van der Waals surface area (Å²) in [4.78, 5) is 6.83. The lowest BCUT2D eigenvalue weighted by atomic mass is 10.0. The highest BCUT2D eigenvalue weighted by Gasteiger charge is 2.22. The van der Waals surface area contributed by atoms with E-state index in [1.165, 1.54) is 77.0 Å². The minimum atomic E-state index is 0.124. The van der Waals surface area contributed by atoms with E-state index in [0.29, 0.717) is 6.17 Å². The standard InChI is InChI=1S/C19H37N3/c1-3-4-5-6-7-8-9-10-11-12-13-14-15-19-21-16-17-22(19)18(2)20/h3,16,18-19H,1,4-15,17,20H2,2H3. The molecule has 0 aromatic carbocycles. The number of unbranched alkanes of at least 4 members (excludes halogenated alkanes) is 10. The van der Waals surface area contributed by atoms with Gasteiger partial charge in [-0.05, 0) is 32.6 Å². The molecular formula is C19H37N3. The van der Waals surface area contributed by atoms with Crippen LogP contribution in [0.3, 0.4) is 0 Å². The van der Waals surface area contributed by atoms with Crippen molar-refractivity contribution in [3.63, 3.8) is 0 Å². The second-order valence-corrected chi connectivity index (χ2v) is 6.65. The van der Waals surface area contributed by atoms with E-state index in [1.54, 1.807) is 0 Å². The molecule has 0 amide bonds. The van der Waals surface area contributed by atoms with Crippen LogP contribution in [0.2, 0.25) is 0 Å². The number of nitrogens with zero attached hydrogens (tertiary/aromatic N) is 2. The molecule has 22 heavy (non-hydrogen) atoms. The molecule has 0 aliphatic carbocycles. The maximum absolute atomic E-state index is 5.97. The first-order valence-corrected chi connectivity index (χ1v) is 9.39. The zero-order valence-electron chi connectivity index (χ0n) is 14.7. The van der Waals surface area contributed by atoms with Crippen LogP contribution in [0, 0.1) is 0 Å². The second-order valence-electron chi connectivity index (χ2n) is 6.65. The monoisotopic (exact) mass is 307 g/mol. The van der Waals surface area contributed by atoms with Gasteiger partial charge < -0.3 is 5.73 Å². The Morgan fingerprint density at radius 2 is 1.64 bits per heavy atom. The lowest BCUT2D eigenvalue weighted by Crippen LogP contribution is -2.43. The van der Waals surface area contributed by atoms with Crippen molar-refractivity contribution >= 4 is 6.21 Å². The van der Waals surface area contributed by atoms with Crippen LogP contribution in [0.4, 0.5) is 0 Å². The van der Waals surface area contributed by atoms with Gasteiger partial charge in [0.25, 0.3) is 0 Å². The number of nitrogens with two attached hydrogens (primary N) is 1. The van der Waals surface area contributed by atoms with E-state index < -0.39 is 0 Å². The Labute approximate surface area is 138 Å². The van der Waals surface area contributed by atoms with Crippen molar-refractivity contribution in [2.45, 2.75) is 96.3 Å². The van der Waals surface area contributed by atoms with Gasteiger partial charge >= 0.3 is 0 Å². The number of rotatable bonds is 14. The third-order valence-corrected chi connectivity index (χ3v) is 4.60. The van der Waals surface area contributed by atoms with Crippen LogP contribution in [0.1, 0.15) is 84.0 Å². The van der Waals surface area contributed by atoms with E-state index in [1.807, 2.05) is 12.3 Å². The fourth-order valence-electron chi connectivity index (χ4n) is 3.18. The topological polar surface area (TPSA) is 41.6 Å². The van der Waals surface area contributed by atoms with Crippen LogP contribution >= 0.6 is 0 Å². The van der Waals surface area contributed by atoms with Gasteiger partial charge in [0, 0.05) is 12.8 Å². The van der Waals surface area contributed by atoms with Gasteiger partial charge in [-0.1, -0.05) is 57.4 Å². The molecule has 0 saturated carbocycles. The van der Waals surface area contributed by atoms with Crippen molar-refractivity contribution in [3.8, 4) is 0 Å². The van der Waals surface area contributed by atoms with Crippen LogP contribution in [0.5, 0.6) is 0 Å². The van der Waals surface area contributed by atoms with Crippen LogP contribution in [-0.2, 0) is 0 Å². The highest BCUT2D eigenvalue weighted by Crippen LogP contribution is 2.17. The molecule has 2 unspecified atom stereocenters. The molecule has 0 bridgehead atoms. The molecule has 0 aromatic rings. The minimum Gasteiger partial charge on any atom is -0.316 e. The zero-order valence-corrected chi connectivity index (χ0v) is 14.7. The third-order valence-electron chi connectivity index (χ3n) is 4.60. The SMILES string of the molecule is C=CCCCCCCCCCCCCC1N=CCN1C(C)N. The number of hydrogen-bond donors (Lipinski definition) is 1. The first-order chi connectivity index (χ1) is 10.8. The van der Waals surface area contributed by atoms with Crippen molar-refractivity contribution < 1.29 is 0 Å². The van der Waals surface area contributed by atoms with Gasteiger partial charge in [0.05, 0.1) is 6.17 Å². The number of allylic oxidation sites excluding steroid dienone is 1. The Hall–Kier alpha value is -0.670. The Kier molecular flexibility index (Phi) is 11.3. The van der Waals surface area contributed by atoms with Crippen molar-refractivity contribution in [1.82, 2.24) is 4.90 Å². The first kappa shape index (κ1) is 19.4. The Balaban J connectivity index is 1.84. The molecule has 1 aliphatic heterocycles. The molecule has 0 saturated heterocycles. The van der Waals surface area contributed by atoms with Gasteiger partial charge in [-0.3, -0.25) is 9.89 Å². The fraction of sp³-hybridized carbons (Fsp3) is 0.842. The average molecular weight is 308 g/mol. The van der Waals surface area contributed by atoms with E-state index in [2.05, 4.69) is 23.4 Å². The lowest BCUT2D eigenvalue weighted by molar-refractivity contribution is 0.182. The molecule has 0 aromatic heterocycles. The smallest absolute Gasteiger partial charge is 0.103 e. The molecule has 1 aliphatic rings. The van der Waals surface area contributed by atoms with Crippen LogP contribution < -0.4 is 5.73 Å². The zero-order chi connectivity index (χ0) is 16.0. The summed E-state index contributed by atoms with van der Waals surface area (Å²) in [5.74, 6) is 0. The van der Waals surface area contributed by atoms with Gasteiger partial charge in [-0.15, -0.1) is 6.58 Å². The highest BCUT2D eigenvalue weighted by molar-refractivity contribution is 5.62. The lowest BCUT2D eigenvalue weighted by Gasteiger charge is -2.26. The molecule has 1 rings (SSSR count). The summed E-state index contributed by atoms with van der Waals surface area (Å²) in [5, 5.41) is 0. The van der Waals surface area contributed by atoms with Gasteiger partial charge in [0.2, 0.25) is 0 Å². The van der Waals surface area contributed by atoms with E-state index >= 15 is 0 Å². The molecule has 0 radical (unpaired) electrons. The Bertz CT molecular complexity index is 299. The van der Waals surface area contributed by atoms with Crippen LogP contribution in [0.15, 0.2) is 17.6 Å². The molecule has 2 atom stereocenters. The second kappa shape index (κ2) is 12.8. The van der Waals surface area contributed by atoms with Gasteiger partial charge in [0.15, 0.2) is 0 Å². The average Bonchev–Trinajstić information content (AvgIpc) is 2.97. The Morgan fingerprint density at radius 3 is 2.18 bits per heavy atom. The normalized spacial score (nSPS) is 19.6. The molecule has 2 N–H and O–H groups in total. The van der Waals surface area contributed by atoms with Crippen molar-refractivity contribution in [2.75, 3.05) is 6.54 Å². The first-order valence-electron chi connectivity index (χ1n) is 9.39. The number of aliphatic imine (C=N–C) groups is 1. The summed E-state index contributed by atoms with van der Waals surface area (Å²) in [6.07, 6.45) is 20.6. The predicted octanol–water partition coefficient (Wildman–Crippen LogP) is 4.87. The maximum atomic E-state index is 5.97. The van der Waals surface area contributed by atoms with Crippen molar-refractivity contribution in [1.29, 1.82) is 0 Å². The molecule has 1 heterocycles. The summed E-state index contributed by atoms with van der Waals surface area (Å²) >= 11 is 0. The molecular weight excluding hydrogens is 270 g/mol. The fourth-order valence-corrected chi connectivity index (χ4v) is 3.18.